The smallest absolute Gasteiger partial charge is 0.209 e. The minimum atomic E-state index is -2.58. The molecular weight excluding hydrogens is 447 g/mol. The molecule has 2 aromatic rings. The van der Waals surface area contributed by atoms with Gasteiger partial charge in [0.15, 0.2) is 0 Å². The number of pyridine rings is 1. The number of hydrogen-bond donors (Lipinski definition) is 0. The monoisotopic (exact) mass is 480 g/mol. The number of hydrazone groups is 1. The van der Waals surface area contributed by atoms with Crippen LogP contribution in [0.2, 0.25) is 0 Å². The Morgan fingerprint density at radius 3 is 2.48 bits per heavy atom. The van der Waals surface area contributed by atoms with Gasteiger partial charge in [0, 0.05) is 37.1 Å². The standard InChI is InChI=1S/C26H33N4OPS/c1-26(2)19-23-25(24(20-26)29-16-9-4-10-17-29)32(33,30(28-23)22-12-5-3-6-13-22)31-18-14-21-11-7-8-15-27-21/h3,5-8,11-13,15H,4,9-10,14,16-20H2,1-2H3. The van der Waals surface area contributed by atoms with Gasteiger partial charge in [-0.05, 0) is 73.6 Å². The Bertz CT molecular complexity index is 1090. The molecule has 2 aliphatic heterocycles. The Labute approximate surface area is 202 Å². The molecule has 1 aliphatic carbocycles. The first-order valence-electron chi connectivity index (χ1n) is 12.0. The molecule has 174 valence electrons. The molecule has 33 heavy (non-hydrogen) atoms. The summed E-state index contributed by atoms with van der Waals surface area (Å²) < 4.78 is 8.79. The Morgan fingerprint density at radius 2 is 1.76 bits per heavy atom. The van der Waals surface area contributed by atoms with Gasteiger partial charge in [-0.3, -0.25) is 4.98 Å². The van der Waals surface area contributed by atoms with Crippen LogP contribution in [0.3, 0.4) is 0 Å². The van der Waals surface area contributed by atoms with Gasteiger partial charge in [-0.1, -0.05) is 38.1 Å². The summed E-state index contributed by atoms with van der Waals surface area (Å²) in [7, 11) is 0. The highest BCUT2D eigenvalue weighted by Gasteiger charge is 2.48. The molecule has 1 fully saturated rings. The average molecular weight is 481 g/mol. The largest absolute Gasteiger partial charge is 0.374 e. The second-order valence-electron chi connectivity index (χ2n) is 9.96. The Morgan fingerprint density at radius 1 is 1.00 bits per heavy atom. The maximum absolute atomic E-state index is 6.73. The van der Waals surface area contributed by atoms with E-state index in [9.17, 15) is 0 Å². The predicted molar refractivity (Wildman–Crippen MR) is 140 cm³/mol. The van der Waals surface area contributed by atoms with Gasteiger partial charge < -0.3 is 9.42 Å². The van der Waals surface area contributed by atoms with Crippen LogP contribution in [0, 0.1) is 5.41 Å². The molecule has 0 bridgehead atoms. The van der Waals surface area contributed by atoms with Gasteiger partial charge in [-0.15, -0.1) is 0 Å². The number of rotatable bonds is 6. The van der Waals surface area contributed by atoms with Crippen molar-refractivity contribution < 1.29 is 4.52 Å². The molecule has 3 aliphatic rings. The number of benzene rings is 1. The summed E-state index contributed by atoms with van der Waals surface area (Å²) in [5, 5.41) is 6.40. The van der Waals surface area contributed by atoms with Crippen molar-refractivity contribution in [2.45, 2.75) is 52.4 Å². The van der Waals surface area contributed by atoms with Crippen molar-refractivity contribution in [3.63, 3.8) is 0 Å². The molecule has 5 rings (SSSR count). The molecule has 0 saturated carbocycles. The van der Waals surface area contributed by atoms with E-state index in [1.807, 2.05) is 30.5 Å². The van der Waals surface area contributed by atoms with Crippen LogP contribution in [-0.2, 0) is 22.8 Å². The van der Waals surface area contributed by atoms with Crippen molar-refractivity contribution in [1.29, 1.82) is 0 Å². The summed E-state index contributed by atoms with van der Waals surface area (Å²) in [6.45, 7) is 7.47. The molecular formula is C26H33N4OPS. The lowest BCUT2D eigenvalue weighted by Crippen LogP contribution is -2.36. The van der Waals surface area contributed by atoms with Crippen LogP contribution in [0.15, 0.2) is 70.8 Å². The molecule has 1 aromatic heterocycles. The molecule has 0 N–H and O–H groups in total. The zero-order chi connectivity index (χ0) is 22.9. The van der Waals surface area contributed by atoms with Gasteiger partial charge in [0.1, 0.15) is 0 Å². The second kappa shape index (κ2) is 9.32. The fourth-order valence-corrected chi connectivity index (χ4v) is 8.79. The van der Waals surface area contributed by atoms with Gasteiger partial charge >= 0.3 is 0 Å². The highest BCUT2D eigenvalue weighted by molar-refractivity contribution is 8.15. The van der Waals surface area contributed by atoms with E-state index >= 15 is 0 Å². The van der Waals surface area contributed by atoms with Crippen LogP contribution in [0.1, 0.15) is 51.6 Å². The van der Waals surface area contributed by atoms with Gasteiger partial charge in [0.05, 0.1) is 23.3 Å². The molecule has 0 radical (unpaired) electrons. The quantitative estimate of drug-likeness (QED) is 0.451. The lowest BCUT2D eigenvalue weighted by molar-refractivity contribution is 0.240. The van der Waals surface area contributed by atoms with Crippen molar-refractivity contribution in [3.05, 3.63) is 71.4 Å². The van der Waals surface area contributed by atoms with E-state index in [2.05, 4.69) is 52.8 Å². The first-order valence-corrected chi connectivity index (χ1v) is 14.7. The topological polar surface area (TPSA) is 41.0 Å². The van der Waals surface area contributed by atoms with Crippen molar-refractivity contribution in [3.8, 4) is 0 Å². The van der Waals surface area contributed by atoms with Crippen LogP contribution < -0.4 is 4.78 Å². The molecule has 1 saturated heterocycles. The van der Waals surface area contributed by atoms with Crippen LogP contribution in [0.5, 0.6) is 0 Å². The molecule has 1 aromatic carbocycles. The number of likely N-dealkylation sites (tertiary alicyclic amines) is 1. The normalized spacial score (nSPS) is 24.6. The fourth-order valence-electron chi connectivity index (χ4n) is 5.12. The average Bonchev–Trinajstić information content (AvgIpc) is 3.11. The SMILES string of the molecule is CC1(C)CC2=NN(c3ccccc3)P(=S)(OCCc3ccccn3)C2=C(N2CCCCC2)C1. The maximum Gasteiger partial charge on any atom is 0.209 e. The zero-order valence-corrected chi connectivity index (χ0v) is 21.3. The van der Waals surface area contributed by atoms with E-state index in [0.29, 0.717) is 6.61 Å². The van der Waals surface area contributed by atoms with Crippen LogP contribution in [-0.4, -0.2) is 35.3 Å². The van der Waals surface area contributed by atoms with E-state index < -0.39 is 6.42 Å². The second-order valence-corrected chi connectivity index (χ2v) is 13.6. The maximum atomic E-state index is 6.73. The summed E-state index contributed by atoms with van der Waals surface area (Å²) in [4.78, 5) is 7.06. The van der Waals surface area contributed by atoms with E-state index in [0.717, 1.165) is 49.4 Å². The highest BCUT2D eigenvalue weighted by atomic mass is 32.4. The first kappa shape index (κ1) is 22.8. The lowest BCUT2D eigenvalue weighted by atomic mass is 9.78. The van der Waals surface area contributed by atoms with E-state index in [1.165, 1.54) is 30.3 Å². The molecule has 3 heterocycles. The van der Waals surface area contributed by atoms with Crippen molar-refractivity contribution in [2.24, 2.45) is 10.5 Å². The molecule has 0 spiro atoms. The molecule has 0 amide bonds. The summed E-state index contributed by atoms with van der Waals surface area (Å²) >= 11 is 6.50. The number of allylic oxidation sites excluding steroid dienone is 2. The Hall–Kier alpha value is -2.01. The molecule has 7 heteroatoms. The fraction of sp³-hybridized carbons (Fsp3) is 0.462. The van der Waals surface area contributed by atoms with E-state index in [-0.39, 0.29) is 5.41 Å². The number of nitrogens with zero attached hydrogens (tertiary/aromatic N) is 4. The molecule has 1 unspecified atom stereocenters. The van der Waals surface area contributed by atoms with Crippen molar-refractivity contribution in [1.82, 2.24) is 9.88 Å². The molecule has 5 nitrogen and oxygen atoms in total. The number of fused-ring (bicyclic) bond motifs is 1. The molecule has 1 atom stereocenters. The third kappa shape index (κ3) is 4.66. The van der Waals surface area contributed by atoms with Crippen LogP contribution in [0.4, 0.5) is 5.69 Å². The first-order chi connectivity index (χ1) is 16.0. The summed E-state index contributed by atoms with van der Waals surface area (Å²) in [6.07, 6.45) is 5.78. The summed E-state index contributed by atoms with van der Waals surface area (Å²) in [5.74, 6) is 0. The number of hydrogen-bond acceptors (Lipinski definition) is 5. The number of piperidine rings is 1. The van der Waals surface area contributed by atoms with E-state index in [4.69, 9.17) is 21.4 Å². The van der Waals surface area contributed by atoms with Gasteiger partial charge in [-0.25, -0.2) is 4.78 Å². The third-order valence-corrected chi connectivity index (χ3v) is 10.4. The minimum absolute atomic E-state index is 0.163. The van der Waals surface area contributed by atoms with Crippen molar-refractivity contribution in [2.75, 3.05) is 24.5 Å². The van der Waals surface area contributed by atoms with Gasteiger partial charge in [0.25, 0.3) is 0 Å². The lowest BCUT2D eigenvalue weighted by Gasteiger charge is -2.41. The minimum Gasteiger partial charge on any atom is -0.374 e. The van der Waals surface area contributed by atoms with Crippen LogP contribution in [0.25, 0.3) is 0 Å². The van der Waals surface area contributed by atoms with Crippen LogP contribution >= 0.6 is 6.42 Å². The number of anilines is 1. The number of aromatic nitrogens is 1. The summed E-state index contributed by atoms with van der Waals surface area (Å²) in [6, 6.07) is 16.3. The zero-order valence-electron chi connectivity index (χ0n) is 19.6. The third-order valence-electron chi connectivity index (χ3n) is 6.66. The van der Waals surface area contributed by atoms with E-state index in [1.54, 1.807) is 0 Å². The van der Waals surface area contributed by atoms with Gasteiger partial charge in [0.2, 0.25) is 6.42 Å². The Kier molecular flexibility index (Phi) is 6.43. The predicted octanol–water partition coefficient (Wildman–Crippen LogP) is 6.34. The van der Waals surface area contributed by atoms with Gasteiger partial charge in [-0.2, -0.15) is 5.10 Å². The van der Waals surface area contributed by atoms with Crippen molar-refractivity contribution >= 4 is 29.6 Å². The Balaban J connectivity index is 1.55. The number of para-hydroxylation sites is 1. The summed E-state index contributed by atoms with van der Waals surface area (Å²) in [5.41, 5.74) is 4.74. The highest BCUT2D eigenvalue weighted by Crippen LogP contribution is 2.68.